The fourth-order valence-corrected chi connectivity index (χ4v) is 2.98. The van der Waals surface area contributed by atoms with E-state index < -0.39 is 17.7 Å². The predicted octanol–water partition coefficient (Wildman–Crippen LogP) is 3.19. The Kier molecular flexibility index (Phi) is 6.29. The van der Waals surface area contributed by atoms with Crippen LogP contribution in [0.4, 0.5) is 4.39 Å². The molecule has 0 saturated heterocycles. The van der Waals surface area contributed by atoms with E-state index in [9.17, 15) is 19.1 Å². The highest BCUT2D eigenvalue weighted by molar-refractivity contribution is 7.09. The highest BCUT2D eigenvalue weighted by Gasteiger charge is 2.20. The SMILES string of the molecule is O=C(CCCc1cccs1)NCC(C(=O)O)c1ccc(F)cc1. The maximum Gasteiger partial charge on any atom is 0.312 e. The molecule has 4 nitrogen and oxygen atoms in total. The third kappa shape index (κ3) is 5.49. The molecule has 0 aliphatic heterocycles. The number of carbonyl (C=O) groups excluding carboxylic acids is 1. The number of rotatable bonds is 8. The number of benzene rings is 1. The zero-order valence-electron chi connectivity index (χ0n) is 12.5. The molecule has 0 fully saturated rings. The summed E-state index contributed by atoms with van der Waals surface area (Å²) < 4.78 is 12.9. The van der Waals surface area contributed by atoms with Crippen molar-refractivity contribution in [2.24, 2.45) is 0 Å². The first-order chi connectivity index (χ1) is 11.1. The number of carbonyl (C=O) groups is 2. The number of thiophene rings is 1. The van der Waals surface area contributed by atoms with Crippen molar-refractivity contribution >= 4 is 23.2 Å². The molecule has 2 N–H and O–H groups in total. The summed E-state index contributed by atoms with van der Waals surface area (Å²) in [4.78, 5) is 24.4. The van der Waals surface area contributed by atoms with Crippen molar-refractivity contribution in [2.45, 2.75) is 25.2 Å². The molecule has 1 unspecified atom stereocenters. The Bertz CT molecular complexity index is 640. The zero-order chi connectivity index (χ0) is 16.7. The maximum absolute atomic E-state index is 12.9. The van der Waals surface area contributed by atoms with Gasteiger partial charge in [0.05, 0.1) is 5.92 Å². The average Bonchev–Trinajstić information content (AvgIpc) is 3.02. The number of aryl methyl sites for hydroxylation is 1. The van der Waals surface area contributed by atoms with Crippen LogP contribution < -0.4 is 5.32 Å². The molecule has 0 bridgehead atoms. The summed E-state index contributed by atoms with van der Waals surface area (Å²) in [6.07, 6.45) is 1.92. The van der Waals surface area contributed by atoms with Crippen LogP contribution in [-0.2, 0) is 16.0 Å². The van der Waals surface area contributed by atoms with Gasteiger partial charge in [-0.15, -0.1) is 11.3 Å². The number of halogens is 1. The molecule has 0 saturated carbocycles. The third-order valence-corrected chi connectivity index (χ3v) is 4.42. The number of hydrogen-bond donors (Lipinski definition) is 2. The molecular formula is C17H18FNO3S. The molecule has 6 heteroatoms. The molecule has 1 atom stereocenters. The van der Waals surface area contributed by atoms with Crippen LogP contribution in [0.5, 0.6) is 0 Å². The Labute approximate surface area is 138 Å². The van der Waals surface area contributed by atoms with Crippen LogP contribution in [0.15, 0.2) is 41.8 Å². The van der Waals surface area contributed by atoms with Crippen molar-refractivity contribution in [2.75, 3.05) is 6.54 Å². The molecular weight excluding hydrogens is 317 g/mol. The standard InChI is InChI=1S/C17H18FNO3S/c18-13-8-6-12(7-9-13)15(17(21)22)11-19-16(20)5-1-3-14-4-2-10-23-14/h2,4,6-10,15H,1,3,5,11H2,(H,19,20)(H,21,22). The first-order valence-electron chi connectivity index (χ1n) is 7.33. The lowest BCUT2D eigenvalue weighted by atomic mass is 9.99. The number of carboxylic acids is 1. The molecule has 0 radical (unpaired) electrons. The van der Waals surface area contributed by atoms with Gasteiger partial charge in [0.15, 0.2) is 0 Å². The van der Waals surface area contributed by atoms with Gasteiger partial charge in [0.25, 0.3) is 0 Å². The first kappa shape index (κ1) is 17.1. The van der Waals surface area contributed by atoms with E-state index >= 15 is 0 Å². The Morgan fingerprint density at radius 1 is 1.22 bits per heavy atom. The lowest BCUT2D eigenvalue weighted by molar-refractivity contribution is -0.138. The van der Waals surface area contributed by atoms with Crippen LogP contribution in [0.2, 0.25) is 0 Å². The highest BCUT2D eigenvalue weighted by atomic mass is 32.1. The molecule has 122 valence electrons. The van der Waals surface area contributed by atoms with E-state index in [1.165, 1.54) is 29.1 Å². The fourth-order valence-electron chi connectivity index (χ4n) is 2.23. The third-order valence-electron chi connectivity index (χ3n) is 3.48. The summed E-state index contributed by atoms with van der Waals surface area (Å²) in [7, 11) is 0. The smallest absolute Gasteiger partial charge is 0.312 e. The molecule has 1 aromatic carbocycles. The minimum atomic E-state index is -1.05. The van der Waals surface area contributed by atoms with Gasteiger partial charge < -0.3 is 10.4 Å². The minimum Gasteiger partial charge on any atom is -0.481 e. The molecule has 2 rings (SSSR count). The van der Waals surface area contributed by atoms with Crippen molar-refractivity contribution < 1.29 is 19.1 Å². The topological polar surface area (TPSA) is 66.4 Å². The molecule has 0 aliphatic carbocycles. The summed E-state index contributed by atoms with van der Waals surface area (Å²) in [5.74, 6) is -2.52. The summed E-state index contributed by atoms with van der Waals surface area (Å²) in [5, 5.41) is 13.9. The van der Waals surface area contributed by atoms with Gasteiger partial charge in [-0.1, -0.05) is 18.2 Å². The summed E-state index contributed by atoms with van der Waals surface area (Å²) in [6, 6.07) is 9.29. The molecule has 23 heavy (non-hydrogen) atoms. The van der Waals surface area contributed by atoms with E-state index in [2.05, 4.69) is 5.32 Å². The van der Waals surface area contributed by atoms with Crippen molar-refractivity contribution in [1.82, 2.24) is 5.32 Å². The van der Waals surface area contributed by atoms with Crippen molar-refractivity contribution in [1.29, 1.82) is 0 Å². The van der Waals surface area contributed by atoms with Gasteiger partial charge in [0.2, 0.25) is 5.91 Å². The second-order valence-electron chi connectivity index (χ2n) is 5.18. The van der Waals surface area contributed by atoms with Crippen LogP contribution in [-0.4, -0.2) is 23.5 Å². The molecule has 2 aromatic rings. The first-order valence-corrected chi connectivity index (χ1v) is 8.21. The van der Waals surface area contributed by atoms with Crippen LogP contribution in [0.3, 0.4) is 0 Å². The molecule has 0 aliphatic rings. The largest absolute Gasteiger partial charge is 0.481 e. The Balaban J connectivity index is 1.80. The fraction of sp³-hybridized carbons (Fsp3) is 0.294. The quantitative estimate of drug-likeness (QED) is 0.778. The van der Waals surface area contributed by atoms with Gasteiger partial charge >= 0.3 is 5.97 Å². The summed E-state index contributed by atoms with van der Waals surface area (Å²) >= 11 is 1.66. The van der Waals surface area contributed by atoms with Crippen molar-refractivity contribution in [3.63, 3.8) is 0 Å². The minimum absolute atomic E-state index is 0.00119. The van der Waals surface area contributed by atoms with E-state index in [4.69, 9.17) is 0 Å². The summed E-state index contributed by atoms with van der Waals surface area (Å²) in [6.45, 7) is -0.00119. The van der Waals surface area contributed by atoms with E-state index in [-0.39, 0.29) is 12.5 Å². The van der Waals surface area contributed by atoms with Crippen molar-refractivity contribution in [3.05, 3.63) is 58.0 Å². The normalized spacial score (nSPS) is 11.9. The van der Waals surface area contributed by atoms with E-state index in [0.717, 1.165) is 12.8 Å². The van der Waals surface area contributed by atoms with Crippen LogP contribution in [0.25, 0.3) is 0 Å². The second kappa shape index (κ2) is 8.43. The van der Waals surface area contributed by atoms with Gasteiger partial charge in [-0.05, 0) is 42.0 Å². The molecule has 1 amide bonds. The van der Waals surface area contributed by atoms with E-state index in [1.54, 1.807) is 11.3 Å². The number of nitrogens with one attached hydrogen (secondary N) is 1. The van der Waals surface area contributed by atoms with Gasteiger partial charge in [-0.2, -0.15) is 0 Å². The number of amides is 1. The average molecular weight is 335 g/mol. The van der Waals surface area contributed by atoms with Gasteiger partial charge in [-0.25, -0.2) is 4.39 Å². The van der Waals surface area contributed by atoms with Crippen LogP contribution in [0.1, 0.15) is 29.2 Å². The van der Waals surface area contributed by atoms with Gasteiger partial charge in [0.1, 0.15) is 5.82 Å². The second-order valence-corrected chi connectivity index (χ2v) is 6.21. The van der Waals surface area contributed by atoms with E-state index in [1.807, 2.05) is 17.5 Å². The zero-order valence-corrected chi connectivity index (χ0v) is 13.3. The number of aliphatic carboxylic acids is 1. The lowest BCUT2D eigenvalue weighted by Gasteiger charge is -2.14. The lowest BCUT2D eigenvalue weighted by Crippen LogP contribution is -2.31. The Hall–Kier alpha value is -2.21. The Morgan fingerprint density at radius 2 is 1.96 bits per heavy atom. The molecule has 1 heterocycles. The monoisotopic (exact) mass is 335 g/mol. The van der Waals surface area contributed by atoms with Crippen LogP contribution in [0, 0.1) is 5.82 Å². The molecule has 0 spiro atoms. The van der Waals surface area contributed by atoms with Gasteiger partial charge in [0, 0.05) is 17.8 Å². The Morgan fingerprint density at radius 3 is 2.57 bits per heavy atom. The number of hydrogen-bond acceptors (Lipinski definition) is 3. The molecule has 1 aromatic heterocycles. The van der Waals surface area contributed by atoms with Crippen molar-refractivity contribution in [3.8, 4) is 0 Å². The summed E-state index contributed by atoms with van der Waals surface area (Å²) in [5.41, 5.74) is 0.470. The maximum atomic E-state index is 12.9. The highest BCUT2D eigenvalue weighted by Crippen LogP contribution is 2.16. The number of carboxylic acid groups (broad SMARTS) is 1. The van der Waals surface area contributed by atoms with Gasteiger partial charge in [-0.3, -0.25) is 9.59 Å². The van der Waals surface area contributed by atoms with E-state index in [0.29, 0.717) is 12.0 Å². The predicted molar refractivity (Wildman–Crippen MR) is 87.0 cm³/mol. The van der Waals surface area contributed by atoms with Crippen LogP contribution >= 0.6 is 11.3 Å².